The zero-order chi connectivity index (χ0) is 15.1. The fourth-order valence-corrected chi connectivity index (χ4v) is 2.36. The minimum atomic E-state index is -1.16. The molecule has 0 fully saturated rings. The van der Waals surface area contributed by atoms with Crippen LogP contribution in [0.1, 0.15) is 21.9 Å². The molecule has 0 aliphatic heterocycles. The van der Waals surface area contributed by atoms with Crippen molar-refractivity contribution in [2.24, 2.45) is 0 Å². The second kappa shape index (κ2) is 4.82. The van der Waals surface area contributed by atoms with Crippen LogP contribution in [-0.4, -0.2) is 31.1 Å². The van der Waals surface area contributed by atoms with E-state index < -0.39 is 5.97 Å². The van der Waals surface area contributed by atoms with Gasteiger partial charge in [-0.1, -0.05) is 29.8 Å². The number of hydrogen-bond acceptors (Lipinski definition) is 4. The first-order valence-corrected chi connectivity index (χ1v) is 6.59. The summed E-state index contributed by atoms with van der Waals surface area (Å²) < 4.78 is 1.51. The number of fused-ring (bicyclic) bond motifs is 1. The maximum Gasteiger partial charge on any atom is 0.358 e. The van der Waals surface area contributed by atoms with Gasteiger partial charge in [0.2, 0.25) is 0 Å². The number of aromatic carboxylic acids is 1. The van der Waals surface area contributed by atoms with Crippen molar-refractivity contribution < 1.29 is 9.90 Å². The van der Waals surface area contributed by atoms with Crippen LogP contribution in [0.3, 0.4) is 0 Å². The Bertz CT molecular complexity index is 873. The summed E-state index contributed by atoms with van der Waals surface area (Å²) in [6.07, 6.45) is 0. The standard InChI is InChI=1S/C14H11ClN4O2/c1-7-11(15)8(2)19(18-7)13-9-5-3-4-6-10(9)16-17-12(13)14(20)21/h3-6H,1-2H3,(H,20,21). The number of nitrogens with zero attached hydrogens (tertiary/aromatic N) is 4. The molecule has 3 aromatic rings. The van der Waals surface area contributed by atoms with Crippen LogP contribution in [0.25, 0.3) is 16.6 Å². The van der Waals surface area contributed by atoms with Gasteiger partial charge in [0.15, 0.2) is 5.69 Å². The van der Waals surface area contributed by atoms with Gasteiger partial charge < -0.3 is 5.11 Å². The maximum absolute atomic E-state index is 11.5. The van der Waals surface area contributed by atoms with Gasteiger partial charge >= 0.3 is 5.97 Å². The lowest BCUT2D eigenvalue weighted by Gasteiger charge is -2.10. The summed E-state index contributed by atoms with van der Waals surface area (Å²) >= 11 is 6.16. The van der Waals surface area contributed by atoms with E-state index in [1.165, 1.54) is 4.68 Å². The van der Waals surface area contributed by atoms with E-state index in [4.69, 9.17) is 11.6 Å². The Morgan fingerprint density at radius 3 is 2.57 bits per heavy atom. The zero-order valence-corrected chi connectivity index (χ0v) is 12.1. The quantitative estimate of drug-likeness (QED) is 0.787. The van der Waals surface area contributed by atoms with Gasteiger partial charge in [0, 0.05) is 5.39 Å². The molecule has 21 heavy (non-hydrogen) atoms. The molecule has 0 bridgehead atoms. The summed E-state index contributed by atoms with van der Waals surface area (Å²) in [5.74, 6) is -1.16. The number of carboxylic acids is 1. The van der Waals surface area contributed by atoms with Gasteiger partial charge in [-0.3, -0.25) is 0 Å². The number of carboxylic acid groups (broad SMARTS) is 1. The number of aryl methyl sites for hydroxylation is 1. The van der Waals surface area contributed by atoms with Crippen LogP contribution in [0.4, 0.5) is 0 Å². The van der Waals surface area contributed by atoms with Gasteiger partial charge in [-0.05, 0) is 19.9 Å². The molecule has 7 heteroatoms. The summed E-state index contributed by atoms with van der Waals surface area (Å²) in [6.45, 7) is 3.55. The molecule has 0 radical (unpaired) electrons. The van der Waals surface area contributed by atoms with Gasteiger partial charge in [0.1, 0.15) is 5.69 Å². The molecule has 0 amide bonds. The third kappa shape index (κ3) is 2.04. The second-order valence-corrected chi connectivity index (χ2v) is 4.99. The number of halogens is 1. The molecule has 0 atom stereocenters. The lowest BCUT2D eigenvalue weighted by molar-refractivity contribution is 0.0689. The average molecular weight is 303 g/mol. The van der Waals surface area contributed by atoms with Gasteiger partial charge in [-0.25, -0.2) is 9.48 Å². The predicted molar refractivity (Wildman–Crippen MR) is 78.1 cm³/mol. The molecule has 106 valence electrons. The van der Waals surface area contributed by atoms with Crippen molar-refractivity contribution in [2.75, 3.05) is 0 Å². The summed E-state index contributed by atoms with van der Waals surface area (Å²) in [4.78, 5) is 11.5. The highest BCUT2D eigenvalue weighted by Gasteiger charge is 2.22. The molecule has 1 N–H and O–H groups in total. The fraction of sp³-hybridized carbons (Fsp3) is 0.143. The van der Waals surface area contributed by atoms with E-state index in [1.807, 2.05) is 12.1 Å². The monoisotopic (exact) mass is 302 g/mol. The van der Waals surface area contributed by atoms with Crippen LogP contribution in [0, 0.1) is 13.8 Å². The minimum Gasteiger partial charge on any atom is -0.476 e. The number of aromatic nitrogens is 4. The van der Waals surface area contributed by atoms with Gasteiger partial charge in [-0.15, -0.1) is 10.2 Å². The summed E-state index contributed by atoms with van der Waals surface area (Å²) in [7, 11) is 0. The Hall–Kier alpha value is -2.47. The number of carbonyl (C=O) groups is 1. The van der Waals surface area contributed by atoms with Gasteiger partial charge in [0.05, 0.1) is 21.9 Å². The predicted octanol–water partition coefficient (Wildman–Crippen LogP) is 2.78. The van der Waals surface area contributed by atoms with E-state index in [0.717, 1.165) is 0 Å². The van der Waals surface area contributed by atoms with Crippen LogP contribution in [-0.2, 0) is 0 Å². The molecule has 3 rings (SSSR count). The lowest BCUT2D eigenvalue weighted by Crippen LogP contribution is -2.12. The average Bonchev–Trinajstić information content (AvgIpc) is 2.73. The smallest absolute Gasteiger partial charge is 0.358 e. The van der Waals surface area contributed by atoms with E-state index in [2.05, 4.69) is 15.3 Å². The van der Waals surface area contributed by atoms with Gasteiger partial charge in [-0.2, -0.15) is 5.10 Å². The molecule has 0 unspecified atom stereocenters. The molecule has 1 aromatic carbocycles. The van der Waals surface area contributed by atoms with Crippen LogP contribution in [0.2, 0.25) is 5.02 Å². The van der Waals surface area contributed by atoms with Crippen molar-refractivity contribution in [1.29, 1.82) is 0 Å². The summed E-state index contributed by atoms with van der Waals surface area (Å²) in [5.41, 5.74) is 2.11. The molecular formula is C14H11ClN4O2. The van der Waals surface area contributed by atoms with Crippen LogP contribution >= 0.6 is 11.6 Å². The van der Waals surface area contributed by atoms with E-state index in [0.29, 0.717) is 33.0 Å². The van der Waals surface area contributed by atoms with Crippen LogP contribution < -0.4 is 0 Å². The molecule has 6 nitrogen and oxygen atoms in total. The van der Waals surface area contributed by atoms with E-state index in [1.54, 1.807) is 26.0 Å². The highest BCUT2D eigenvalue weighted by Crippen LogP contribution is 2.28. The third-order valence-corrected chi connectivity index (χ3v) is 3.81. The largest absolute Gasteiger partial charge is 0.476 e. The molecule has 2 aromatic heterocycles. The minimum absolute atomic E-state index is 0.157. The number of hydrogen-bond donors (Lipinski definition) is 1. The topological polar surface area (TPSA) is 80.9 Å². The van der Waals surface area contributed by atoms with Crippen molar-refractivity contribution in [3.8, 4) is 5.69 Å². The van der Waals surface area contributed by atoms with Crippen molar-refractivity contribution in [3.05, 3.63) is 46.4 Å². The molecule has 2 heterocycles. The normalized spacial score (nSPS) is 11.0. The van der Waals surface area contributed by atoms with Gasteiger partial charge in [0.25, 0.3) is 0 Å². The Morgan fingerprint density at radius 1 is 1.24 bits per heavy atom. The summed E-state index contributed by atoms with van der Waals surface area (Å²) in [5, 5.41) is 22.6. The first-order chi connectivity index (χ1) is 10.0. The first kappa shape index (κ1) is 13.5. The van der Waals surface area contributed by atoms with E-state index in [-0.39, 0.29) is 5.69 Å². The molecule has 0 spiro atoms. The summed E-state index contributed by atoms with van der Waals surface area (Å²) in [6, 6.07) is 7.18. The van der Waals surface area contributed by atoms with Crippen molar-refractivity contribution >= 4 is 28.5 Å². The molecule has 0 aliphatic rings. The highest BCUT2D eigenvalue weighted by atomic mass is 35.5. The lowest BCUT2D eigenvalue weighted by atomic mass is 10.1. The van der Waals surface area contributed by atoms with E-state index in [9.17, 15) is 9.90 Å². The molecule has 0 saturated carbocycles. The van der Waals surface area contributed by atoms with Crippen molar-refractivity contribution in [2.45, 2.75) is 13.8 Å². The third-order valence-electron chi connectivity index (χ3n) is 3.26. The molecular weight excluding hydrogens is 292 g/mol. The maximum atomic E-state index is 11.5. The van der Waals surface area contributed by atoms with Crippen molar-refractivity contribution in [3.63, 3.8) is 0 Å². The molecule has 0 saturated heterocycles. The van der Waals surface area contributed by atoms with Crippen molar-refractivity contribution in [1.82, 2.24) is 20.0 Å². The SMILES string of the molecule is Cc1nn(-c2c(C(=O)O)nnc3ccccc23)c(C)c1Cl. The Balaban J connectivity index is 2.46. The van der Waals surface area contributed by atoms with Crippen LogP contribution in [0.5, 0.6) is 0 Å². The van der Waals surface area contributed by atoms with E-state index >= 15 is 0 Å². The fourth-order valence-electron chi connectivity index (χ4n) is 2.24. The Kier molecular flexibility index (Phi) is 3.10. The Morgan fingerprint density at radius 2 is 1.95 bits per heavy atom. The number of benzene rings is 1. The number of rotatable bonds is 2. The Labute approximate surface area is 125 Å². The highest BCUT2D eigenvalue weighted by molar-refractivity contribution is 6.31. The molecule has 0 aliphatic carbocycles. The second-order valence-electron chi connectivity index (χ2n) is 4.62. The van der Waals surface area contributed by atoms with Crippen LogP contribution in [0.15, 0.2) is 24.3 Å². The first-order valence-electron chi connectivity index (χ1n) is 6.21. The zero-order valence-electron chi connectivity index (χ0n) is 11.3.